The SMILES string of the molecule is CC(C)[C@H]1CC[C@H](C)C[C@@H]1OC(=O)CC=O. The molecule has 3 nitrogen and oxygen atoms in total. The lowest BCUT2D eigenvalue weighted by Crippen LogP contribution is -2.35. The molecule has 1 saturated carbocycles. The van der Waals surface area contributed by atoms with Crippen LogP contribution in [0.5, 0.6) is 0 Å². The summed E-state index contributed by atoms with van der Waals surface area (Å²) in [5.41, 5.74) is 0. The number of carbonyl (C=O) groups excluding carboxylic acids is 2. The first kappa shape index (κ1) is 13.2. The summed E-state index contributed by atoms with van der Waals surface area (Å²) in [6.07, 6.45) is 3.78. The number of hydrogen-bond donors (Lipinski definition) is 0. The third-order valence-electron chi connectivity index (χ3n) is 3.49. The maximum atomic E-state index is 11.3. The highest BCUT2D eigenvalue weighted by atomic mass is 16.5. The minimum atomic E-state index is -0.375. The van der Waals surface area contributed by atoms with Crippen LogP contribution in [0.1, 0.15) is 46.5 Å². The van der Waals surface area contributed by atoms with Gasteiger partial charge >= 0.3 is 5.97 Å². The van der Waals surface area contributed by atoms with Gasteiger partial charge in [0.1, 0.15) is 18.8 Å². The highest BCUT2D eigenvalue weighted by molar-refractivity contribution is 5.83. The van der Waals surface area contributed by atoms with Gasteiger partial charge in [0.15, 0.2) is 0 Å². The highest BCUT2D eigenvalue weighted by Gasteiger charge is 2.33. The van der Waals surface area contributed by atoms with Crippen molar-refractivity contribution in [3.8, 4) is 0 Å². The molecule has 0 spiro atoms. The molecule has 0 aromatic carbocycles. The smallest absolute Gasteiger partial charge is 0.313 e. The monoisotopic (exact) mass is 226 g/mol. The Hall–Kier alpha value is -0.860. The van der Waals surface area contributed by atoms with Crippen LogP contribution in [-0.4, -0.2) is 18.4 Å². The molecule has 0 aromatic rings. The van der Waals surface area contributed by atoms with Crippen molar-refractivity contribution >= 4 is 12.3 Å². The van der Waals surface area contributed by atoms with Crippen molar-refractivity contribution in [3.63, 3.8) is 0 Å². The van der Waals surface area contributed by atoms with E-state index < -0.39 is 0 Å². The van der Waals surface area contributed by atoms with E-state index >= 15 is 0 Å². The molecule has 3 atom stereocenters. The van der Waals surface area contributed by atoms with Crippen LogP contribution in [0.2, 0.25) is 0 Å². The average Bonchev–Trinajstić information content (AvgIpc) is 2.17. The van der Waals surface area contributed by atoms with Gasteiger partial charge in [-0.05, 0) is 30.6 Å². The van der Waals surface area contributed by atoms with Gasteiger partial charge in [0.25, 0.3) is 0 Å². The topological polar surface area (TPSA) is 43.4 Å². The fourth-order valence-electron chi connectivity index (χ4n) is 2.54. The van der Waals surface area contributed by atoms with E-state index in [1.54, 1.807) is 0 Å². The first-order valence-corrected chi connectivity index (χ1v) is 6.17. The van der Waals surface area contributed by atoms with Crippen LogP contribution in [0.3, 0.4) is 0 Å². The van der Waals surface area contributed by atoms with Gasteiger partial charge in [-0.15, -0.1) is 0 Å². The van der Waals surface area contributed by atoms with E-state index in [1.807, 2.05) is 0 Å². The van der Waals surface area contributed by atoms with Gasteiger partial charge in [0, 0.05) is 0 Å². The van der Waals surface area contributed by atoms with E-state index in [1.165, 1.54) is 6.42 Å². The Balaban J connectivity index is 2.57. The predicted molar refractivity (Wildman–Crippen MR) is 61.9 cm³/mol. The fourth-order valence-corrected chi connectivity index (χ4v) is 2.54. The molecule has 0 radical (unpaired) electrons. The molecule has 1 rings (SSSR count). The maximum absolute atomic E-state index is 11.3. The van der Waals surface area contributed by atoms with Crippen LogP contribution in [0, 0.1) is 17.8 Å². The van der Waals surface area contributed by atoms with E-state index in [-0.39, 0.29) is 18.5 Å². The lowest BCUT2D eigenvalue weighted by Gasteiger charge is -2.36. The van der Waals surface area contributed by atoms with Gasteiger partial charge in [-0.3, -0.25) is 4.79 Å². The van der Waals surface area contributed by atoms with Crippen LogP contribution in [-0.2, 0) is 14.3 Å². The lowest BCUT2D eigenvalue weighted by molar-refractivity contribution is -0.156. The van der Waals surface area contributed by atoms with E-state index in [2.05, 4.69) is 20.8 Å². The second kappa shape index (κ2) is 6.02. The summed E-state index contributed by atoms with van der Waals surface area (Å²) in [7, 11) is 0. The van der Waals surface area contributed by atoms with Crippen molar-refractivity contribution in [1.82, 2.24) is 0 Å². The Morgan fingerprint density at radius 3 is 2.69 bits per heavy atom. The molecule has 0 N–H and O–H groups in total. The van der Waals surface area contributed by atoms with Gasteiger partial charge in [-0.2, -0.15) is 0 Å². The molecule has 1 aliphatic rings. The molecule has 0 unspecified atom stereocenters. The number of rotatable bonds is 4. The third-order valence-corrected chi connectivity index (χ3v) is 3.49. The largest absolute Gasteiger partial charge is 0.462 e. The van der Waals surface area contributed by atoms with Crippen molar-refractivity contribution in [2.24, 2.45) is 17.8 Å². The zero-order chi connectivity index (χ0) is 12.1. The Labute approximate surface area is 97.5 Å². The number of ether oxygens (including phenoxy) is 1. The molecule has 16 heavy (non-hydrogen) atoms. The zero-order valence-electron chi connectivity index (χ0n) is 10.4. The molecule has 92 valence electrons. The Bertz CT molecular complexity index is 248. The summed E-state index contributed by atoms with van der Waals surface area (Å²) >= 11 is 0. The third kappa shape index (κ3) is 3.62. The van der Waals surface area contributed by atoms with Crippen LogP contribution in [0.25, 0.3) is 0 Å². The number of esters is 1. The van der Waals surface area contributed by atoms with Gasteiger partial charge in [-0.25, -0.2) is 0 Å². The van der Waals surface area contributed by atoms with E-state index in [0.29, 0.717) is 24.0 Å². The van der Waals surface area contributed by atoms with Crippen LogP contribution >= 0.6 is 0 Å². The fraction of sp³-hybridized carbons (Fsp3) is 0.846. The normalized spacial score (nSPS) is 30.1. The van der Waals surface area contributed by atoms with Crippen LogP contribution in [0.4, 0.5) is 0 Å². The zero-order valence-corrected chi connectivity index (χ0v) is 10.4. The molecular weight excluding hydrogens is 204 g/mol. The summed E-state index contributed by atoms with van der Waals surface area (Å²) in [4.78, 5) is 21.6. The highest BCUT2D eigenvalue weighted by Crippen LogP contribution is 2.35. The Morgan fingerprint density at radius 2 is 2.12 bits per heavy atom. The number of hydrogen-bond acceptors (Lipinski definition) is 3. The van der Waals surface area contributed by atoms with Gasteiger partial charge < -0.3 is 9.53 Å². The Morgan fingerprint density at radius 1 is 1.44 bits per heavy atom. The second-order valence-electron chi connectivity index (χ2n) is 5.23. The summed E-state index contributed by atoms with van der Waals surface area (Å²) < 4.78 is 5.41. The minimum Gasteiger partial charge on any atom is -0.462 e. The molecule has 0 amide bonds. The molecular formula is C13H22O3. The molecule has 0 saturated heterocycles. The molecule has 0 aliphatic heterocycles. The molecule has 0 aromatic heterocycles. The van der Waals surface area contributed by atoms with Gasteiger partial charge in [0.2, 0.25) is 0 Å². The number of carbonyl (C=O) groups is 2. The summed E-state index contributed by atoms with van der Waals surface area (Å²) in [6.45, 7) is 6.53. The second-order valence-corrected chi connectivity index (χ2v) is 5.23. The van der Waals surface area contributed by atoms with E-state index in [0.717, 1.165) is 12.8 Å². The quantitative estimate of drug-likeness (QED) is 0.420. The van der Waals surface area contributed by atoms with Crippen LogP contribution < -0.4 is 0 Å². The average molecular weight is 226 g/mol. The van der Waals surface area contributed by atoms with Crippen molar-refractivity contribution in [3.05, 3.63) is 0 Å². The summed E-state index contributed by atoms with van der Waals surface area (Å²) in [5.74, 6) is 1.22. The molecule has 1 fully saturated rings. The van der Waals surface area contributed by atoms with E-state index in [9.17, 15) is 9.59 Å². The van der Waals surface area contributed by atoms with Crippen molar-refractivity contribution in [2.45, 2.75) is 52.6 Å². The standard InChI is InChI=1S/C13H22O3/c1-9(2)11-5-4-10(3)8-12(11)16-13(15)6-7-14/h7,9-12H,4-6,8H2,1-3H3/t10-,11+,12-/m0/s1. The van der Waals surface area contributed by atoms with Gasteiger partial charge in [-0.1, -0.05) is 27.2 Å². The maximum Gasteiger partial charge on any atom is 0.313 e. The molecule has 0 heterocycles. The summed E-state index contributed by atoms with van der Waals surface area (Å²) in [6, 6.07) is 0. The summed E-state index contributed by atoms with van der Waals surface area (Å²) in [5, 5.41) is 0. The number of aldehydes is 1. The lowest BCUT2D eigenvalue weighted by atomic mass is 9.75. The molecule has 1 aliphatic carbocycles. The predicted octanol–water partition coefficient (Wildman–Crippen LogP) is 2.58. The molecule has 0 bridgehead atoms. The molecule has 3 heteroatoms. The van der Waals surface area contributed by atoms with Crippen LogP contribution in [0.15, 0.2) is 0 Å². The van der Waals surface area contributed by atoms with Gasteiger partial charge in [0.05, 0.1) is 0 Å². The first-order chi connectivity index (χ1) is 7.54. The Kier molecular flexibility index (Phi) is 4.97. The van der Waals surface area contributed by atoms with E-state index in [4.69, 9.17) is 4.74 Å². The van der Waals surface area contributed by atoms with Crippen molar-refractivity contribution in [1.29, 1.82) is 0 Å². The minimum absolute atomic E-state index is 0.0104. The van der Waals surface area contributed by atoms with Crippen molar-refractivity contribution in [2.75, 3.05) is 0 Å². The van der Waals surface area contributed by atoms with Crippen molar-refractivity contribution < 1.29 is 14.3 Å². The first-order valence-electron chi connectivity index (χ1n) is 6.17.